The summed E-state index contributed by atoms with van der Waals surface area (Å²) in [7, 11) is 0. The van der Waals surface area contributed by atoms with E-state index in [9.17, 15) is 0 Å². The fourth-order valence-corrected chi connectivity index (χ4v) is 7.38. The van der Waals surface area contributed by atoms with Gasteiger partial charge in [-0.1, -0.05) is 60.7 Å². The highest BCUT2D eigenvalue weighted by Gasteiger charge is 2.17. The summed E-state index contributed by atoms with van der Waals surface area (Å²) in [5, 5.41) is 0. The van der Waals surface area contributed by atoms with Crippen molar-refractivity contribution >= 4 is 22.1 Å². The molecule has 0 aliphatic carbocycles. The van der Waals surface area contributed by atoms with Crippen LogP contribution in [0.5, 0.6) is 0 Å². The molecule has 8 aromatic rings. The van der Waals surface area contributed by atoms with Crippen LogP contribution in [0.1, 0.15) is 44.8 Å². The highest BCUT2D eigenvalue weighted by Crippen LogP contribution is 2.35. The van der Waals surface area contributed by atoms with Gasteiger partial charge in [0.2, 0.25) is 0 Å². The minimum absolute atomic E-state index is 0.601. The molecule has 240 valence electrons. The van der Waals surface area contributed by atoms with E-state index in [1.54, 1.807) is 0 Å². The summed E-state index contributed by atoms with van der Waals surface area (Å²) in [4.78, 5) is 20.1. The quantitative estimate of drug-likeness (QED) is 0.182. The Balaban J connectivity index is 1.16. The van der Waals surface area contributed by atoms with E-state index >= 15 is 0 Å². The first kappa shape index (κ1) is 30.5. The third-order valence-corrected chi connectivity index (χ3v) is 9.53. The summed E-state index contributed by atoms with van der Waals surface area (Å²) in [5.74, 6) is 1.70. The number of hydrogen-bond donors (Lipinski definition) is 0. The molecule has 0 saturated heterocycles. The summed E-state index contributed by atoms with van der Waals surface area (Å²) >= 11 is 0. The normalized spacial score (nSPS) is 11.6. The second-order valence-corrected chi connectivity index (χ2v) is 13.3. The first-order valence-electron chi connectivity index (χ1n) is 16.8. The maximum absolute atomic E-state index is 5.16. The Kier molecular flexibility index (Phi) is 7.44. The van der Waals surface area contributed by atoms with E-state index in [-0.39, 0.29) is 0 Å². The molecule has 0 atom stereocenters. The number of pyridine rings is 2. The zero-order valence-corrected chi connectivity index (χ0v) is 28.8. The summed E-state index contributed by atoms with van der Waals surface area (Å²) in [6.07, 6.45) is 4.39. The molecular weight excluding hydrogens is 601 g/mol. The molecule has 0 aliphatic rings. The van der Waals surface area contributed by atoms with E-state index in [0.29, 0.717) is 6.42 Å². The van der Waals surface area contributed by atoms with Crippen molar-refractivity contribution in [2.75, 3.05) is 0 Å². The molecule has 0 fully saturated rings. The van der Waals surface area contributed by atoms with Crippen molar-refractivity contribution in [3.8, 4) is 33.9 Å². The van der Waals surface area contributed by atoms with Crippen LogP contribution in [0.3, 0.4) is 0 Å². The SMILES string of the molecule is Cc1cc(Cc2cc(C)cc(-n3cnc4c(-c5c(C)cccc5C)cccc43)n2)nc(-n2cnc3c(-c4c(C)cccc4C)cccc32)c1. The number of imidazole rings is 2. The molecule has 0 aliphatic heterocycles. The van der Waals surface area contributed by atoms with E-state index in [4.69, 9.17) is 19.9 Å². The lowest BCUT2D eigenvalue weighted by Gasteiger charge is -2.13. The van der Waals surface area contributed by atoms with E-state index in [2.05, 4.69) is 148 Å². The Morgan fingerprint density at radius 1 is 0.469 bits per heavy atom. The third-order valence-electron chi connectivity index (χ3n) is 9.53. The molecule has 4 aromatic heterocycles. The monoisotopic (exact) mass is 638 g/mol. The van der Waals surface area contributed by atoms with Crippen molar-refractivity contribution in [1.29, 1.82) is 0 Å². The van der Waals surface area contributed by atoms with Gasteiger partial charge in [-0.05, 0) is 122 Å². The van der Waals surface area contributed by atoms with E-state index < -0.39 is 0 Å². The van der Waals surface area contributed by atoms with Gasteiger partial charge >= 0.3 is 0 Å². The van der Waals surface area contributed by atoms with Crippen molar-refractivity contribution in [3.63, 3.8) is 0 Å². The Labute approximate surface area is 286 Å². The fraction of sp³-hybridized carbons (Fsp3) is 0.163. The predicted molar refractivity (Wildman–Crippen MR) is 200 cm³/mol. The largest absolute Gasteiger partial charge is 0.283 e. The van der Waals surface area contributed by atoms with Crippen molar-refractivity contribution in [3.05, 3.63) is 154 Å². The van der Waals surface area contributed by atoms with Gasteiger partial charge in [0.05, 0.1) is 22.1 Å². The standard InChI is InChI=1S/C43H38N6/c1-26-19-32(46-38(21-26)48-24-44-42-34(15-9-17-36(42)48)40-28(3)11-7-12-29(40)4)23-33-20-27(2)22-39(47-33)49-25-45-43-35(16-10-18-37(43)49)41-30(5)13-8-14-31(41)6/h7-22,24-25H,23H2,1-6H3. The molecule has 0 amide bonds. The second kappa shape index (κ2) is 12.0. The molecule has 6 heteroatoms. The Bertz CT molecular complexity index is 2330. The highest BCUT2D eigenvalue weighted by atomic mass is 15.1. The molecule has 4 aromatic carbocycles. The molecule has 0 bridgehead atoms. The Morgan fingerprint density at radius 2 is 0.857 bits per heavy atom. The molecule has 4 heterocycles. The molecule has 8 rings (SSSR count). The summed E-state index contributed by atoms with van der Waals surface area (Å²) in [6, 6.07) is 34.2. The summed E-state index contributed by atoms with van der Waals surface area (Å²) in [6.45, 7) is 12.9. The minimum Gasteiger partial charge on any atom is -0.283 e. The first-order valence-corrected chi connectivity index (χ1v) is 16.8. The minimum atomic E-state index is 0.601. The van der Waals surface area contributed by atoms with E-state index in [0.717, 1.165) is 67.3 Å². The van der Waals surface area contributed by atoms with Crippen LogP contribution in [0.2, 0.25) is 0 Å². The average molecular weight is 639 g/mol. The lowest BCUT2D eigenvalue weighted by molar-refractivity contribution is 0.926. The van der Waals surface area contributed by atoms with Gasteiger partial charge in [-0.3, -0.25) is 9.13 Å². The molecule has 49 heavy (non-hydrogen) atoms. The van der Waals surface area contributed by atoms with Crippen LogP contribution < -0.4 is 0 Å². The van der Waals surface area contributed by atoms with Gasteiger partial charge in [0.1, 0.15) is 24.3 Å². The number of benzene rings is 4. The second-order valence-electron chi connectivity index (χ2n) is 13.3. The number of aromatic nitrogens is 6. The molecule has 0 saturated carbocycles. The number of fused-ring (bicyclic) bond motifs is 2. The molecule has 0 spiro atoms. The number of aryl methyl sites for hydroxylation is 6. The van der Waals surface area contributed by atoms with Crippen molar-refractivity contribution < 1.29 is 0 Å². The van der Waals surface area contributed by atoms with Crippen molar-refractivity contribution in [2.24, 2.45) is 0 Å². The van der Waals surface area contributed by atoms with Crippen molar-refractivity contribution in [2.45, 2.75) is 48.0 Å². The molecular formula is C43H38N6. The molecule has 0 N–H and O–H groups in total. The first-order chi connectivity index (χ1) is 23.7. The number of hydrogen-bond acceptors (Lipinski definition) is 4. The number of para-hydroxylation sites is 2. The van der Waals surface area contributed by atoms with Gasteiger partial charge in [-0.25, -0.2) is 19.9 Å². The molecule has 6 nitrogen and oxygen atoms in total. The topological polar surface area (TPSA) is 61.4 Å². The van der Waals surface area contributed by atoms with Crippen LogP contribution in [0.4, 0.5) is 0 Å². The fourth-order valence-electron chi connectivity index (χ4n) is 7.38. The lowest BCUT2D eigenvalue weighted by Crippen LogP contribution is -2.05. The van der Waals surface area contributed by atoms with Gasteiger partial charge in [0.15, 0.2) is 0 Å². The zero-order valence-electron chi connectivity index (χ0n) is 28.8. The maximum atomic E-state index is 5.16. The van der Waals surface area contributed by atoms with Crippen LogP contribution in [0.15, 0.2) is 110 Å². The zero-order chi connectivity index (χ0) is 33.8. The van der Waals surface area contributed by atoms with Gasteiger partial charge in [-0.15, -0.1) is 0 Å². The van der Waals surface area contributed by atoms with Crippen LogP contribution >= 0.6 is 0 Å². The highest BCUT2D eigenvalue weighted by molar-refractivity contribution is 5.95. The summed E-state index contributed by atoms with van der Waals surface area (Å²) in [5.41, 5.74) is 18.0. The number of rotatable bonds is 6. The third kappa shape index (κ3) is 5.39. The van der Waals surface area contributed by atoms with Crippen LogP contribution in [0, 0.1) is 41.5 Å². The number of nitrogens with zero attached hydrogens (tertiary/aromatic N) is 6. The maximum Gasteiger partial charge on any atom is 0.138 e. The van der Waals surface area contributed by atoms with Gasteiger partial charge in [0, 0.05) is 28.9 Å². The lowest BCUT2D eigenvalue weighted by atomic mass is 9.95. The molecule has 0 unspecified atom stereocenters. The van der Waals surface area contributed by atoms with Gasteiger partial charge < -0.3 is 0 Å². The predicted octanol–water partition coefficient (Wildman–Crippen LogP) is 9.93. The van der Waals surface area contributed by atoms with Crippen molar-refractivity contribution in [1.82, 2.24) is 29.1 Å². The Morgan fingerprint density at radius 3 is 1.27 bits per heavy atom. The van der Waals surface area contributed by atoms with Crippen LogP contribution in [-0.4, -0.2) is 29.1 Å². The van der Waals surface area contributed by atoms with Crippen LogP contribution in [-0.2, 0) is 6.42 Å². The Hall–Kier alpha value is -5.88. The summed E-state index contributed by atoms with van der Waals surface area (Å²) < 4.78 is 4.20. The smallest absolute Gasteiger partial charge is 0.138 e. The van der Waals surface area contributed by atoms with E-state index in [1.807, 2.05) is 12.7 Å². The van der Waals surface area contributed by atoms with Gasteiger partial charge in [-0.2, -0.15) is 0 Å². The van der Waals surface area contributed by atoms with E-state index in [1.165, 1.54) is 33.4 Å². The van der Waals surface area contributed by atoms with Crippen LogP contribution in [0.25, 0.3) is 56.0 Å². The van der Waals surface area contributed by atoms with Gasteiger partial charge in [0.25, 0.3) is 0 Å². The molecule has 0 radical (unpaired) electrons. The average Bonchev–Trinajstić information content (AvgIpc) is 3.70.